The topological polar surface area (TPSA) is 101 Å². The summed E-state index contributed by atoms with van der Waals surface area (Å²) in [6, 6.07) is 1.39. The fraction of sp³-hybridized carbons (Fsp3) is 0.429. The Labute approximate surface area is 126 Å². The number of hydrogen-bond donors (Lipinski definition) is 1. The minimum absolute atomic E-state index is 0.232. The molecule has 1 aliphatic heterocycles. The first kappa shape index (κ1) is 14.5. The van der Waals surface area contributed by atoms with Crippen LogP contribution in [0, 0.1) is 13.8 Å². The smallest absolute Gasteiger partial charge is 0.291 e. The van der Waals surface area contributed by atoms with E-state index >= 15 is 0 Å². The lowest BCUT2D eigenvalue weighted by molar-refractivity contribution is -0.0258. The SMILES string of the molecule is Cc1nc([C@H]2CN(C(=O)c3ocnc3C)CCO2)cc(=O)[nH]1. The minimum atomic E-state index is -0.429. The summed E-state index contributed by atoms with van der Waals surface area (Å²) >= 11 is 0. The third-order valence-corrected chi connectivity index (χ3v) is 3.50. The summed E-state index contributed by atoms with van der Waals surface area (Å²) in [4.78, 5) is 36.4. The molecule has 0 aliphatic carbocycles. The van der Waals surface area contributed by atoms with Gasteiger partial charge in [-0.3, -0.25) is 9.59 Å². The summed E-state index contributed by atoms with van der Waals surface area (Å²) in [6.07, 6.45) is 0.823. The average molecular weight is 304 g/mol. The first-order chi connectivity index (χ1) is 10.5. The molecule has 1 amide bonds. The Morgan fingerprint density at radius 2 is 2.27 bits per heavy atom. The normalized spacial score (nSPS) is 18.5. The number of aromatic amines is 1. The molecule has 1 atom stereocenters. The van der Waals surface area contributed by atoms with Crippen LogP contribution in [0.5, 0.6) is 0 Å². The monoisotopic (exact) mass is 304 g/mol. The summed E-state index contributed by atoms with van der Waals surface area (Å²) in [5, 5.41) is 0. The van der Waals surface area contributed by atoms with Gasteiger partial charge in [0.05, 0.1) is 24.5 Å². The van der Waals surface area contributed by atoms with Crippen molar-refractivity contribution in [2.75, 3.05) is 19.7 Å². The summed E-state index contributed by atoms with van der Waals surface area (Å²) in [5.41, 5.74) is 0.840. The van der Waals surface area contributed by atoms with Gasteiger partial charge in [-0.25, -0.2) is 9.97 Å². The molecule has 0 aromatic carbocycles. The lowest BCUT2D eigenvalue weighted by Crippen LogP contribution is -2.42. The van der Waals surface area contributed by atoms with Gasteiger partial charge >= 0.3 is 0 Å². The van der Waals surface area contributed by atoms with E-state index in [1.807, 2.05) is 0 Å². The number of oxazole rings is 1. The van der Waals surface area contributed by atoms with E-state index in [0.29, 0.717) is 36.9 Å². The number of carbonyl (C=O) groups is 1. The van der Waals surface area contributed by atoms with E-state index in [2.05, 4.69) is 15.0 Å². The summed E-state index contributed by atoms with van der Waals surface area (Å²) in [5.74, 6) is 0.515. The van der Waals surface area contributed by atoms with Gasteiger partial charge in [-0.05, 0) is 13.8 Å². The van der Waals surface area contributed by atoms with Crippen LogP contribution >= 0.6 is 0 Å². The first-order valence-corrected chi connectivity index (χ1v) is 6.93. The van der Waals surface area contributed by atoms with Gasteiger partial charge < -0.3 is 19.0 Å². The van der Waals surface area contributed by atoms with E-state index in [1.54, 1.807) is 18.7 Å². The fourth-order valence-electron chi connectivity index (χ4n) is 2.43. The van der Waals surface area contributed by atoms with Crippen LogP contribution in [0.1, 0.15) is 33.9 Å². The number of H-pyrrole nitrogens is 1. The Balaban J connectivity index is 1.81. The maximum absolute atomic E-state index is 12.4. The number of aryl methyl sites for hydroxylation is 2. The molecule has 1 saturated heterocycles. The molecule has 1 fully saturated rings. The van der Waals surface area contributed by atoms with Crippen LogP contribution in [0.15, 0.2) is 21.7 Å². The molecular formula is C14H16N4O4. The number of aromatic nitrogens is 3. The number of rotatable bonds is 2. The predicted octanol–water partition coefficient (Wildman–Crippen LogP) is 0.588. The Morgan fingerprint density at radius 3 is 2.95 bits per heavy atom. The number of amides is 1. The molecule has 0 radical (unpaired) electrons. The molecular weight excluding hydrogens is 288 g/mol. The second kappa shape index (κ2) is 5.72. The Bertz CT molecular complexity index is 751. The van der Waals surface area contributed by atoms with Crippen LogP contribution in [-0.2, 0) is 4.74 Å². The molecule has 8 nitrogen and oxygen atoms in total. The number of carbonyl (C=O) groups excluding carboxylic acids is 1. The van der Waals surface area contributed by atoms with E-state index in [-0.39, 0.29) is 17.2 Å². The second-order valence-corrected chi connectivity index (χ2v) is 5.13. The maximum atomic E-state index is 12.4. The summed E-state index contributed by atoms with van der Waals surface area (Å²) in [6.45, 7) is 4.56. The highest BCUT2D eigenvalue weighted by Crippen LogP contribution is 2.21. The summed E-state index contributed by atoms with van der Waals surface area (Å²) < 4.78 is 10.8. The minimum Gasteiger partial charge on any atom is -0.438 e. The van der Waals surface area contributed by atoms with E-state index < -0.39 is 6.10 Å². The predicted molar refractivity (Wildman–Crippen MR) is 75.4 cm³/mol. The van der Waals surface area contributed by atoms with Crippen molar-refractivity contribution < 1.29 is 13.9 Å². The molecule has 0 bridgehead atoms. The number of nitrogens with zero attached hydrogens (tertiary/aromatic N) is 3. The van der Waals surface area contributed by atoms with Crippen molar-refractivity contribution >= 4 is 5.91 Å². The molecule has 0 spiro atoms. The van der Waals surface area contributed by atoms with Gasteiger partial charge in [0.1, 0.15) is 11.9 Å². The molecule has 8 heteroatoms. The summed E-state index contributed by atoms with van der Waals surface area (Å²) in [7, 11) is 0. The van der Waals surface area contributed by atoms with Crippen molar-refractivity contribution in [2.24, 2.45) is 0 Å². The zero-order valence-corrected chi connectivity index (χ0v) is 12.3. The molecule has 2 aromatic heterocycles. The number of ether oxygens (including phenoxy) is 1. The zero-order valence-electron chi connectivity index (χ0n) is 12.3. The number of hydrogen-bond acceptors (Lipinski definition) is 6. The average Bonchev–Trinajstić information content (AvgIpc) is 2.92. The van der Waals surface area contributed by atoms with Gasteiger partial charge in [0, 0.05) is 12.6 Å². The van der Waals surface area contributed by atoms with Gasteiger partial charge in [-0.2, -0.15) is 0 Å². The van der Waals surface area contributed by atoms with Crippen molar-refractivity contribution in [3.63, 3.8) is 0 Å². The number of morpholine rings is 1. The third kappa shape index (κ3) is 2.77. The van der Waals surface area contributed by atoms with E-state index in [9.17, 15) is 9.59 Å². The van der Waals surface area contributed by atoms with E-state index in [4.69, 9.17) is 9.15 Å². The molecule has 3 heterocycles. The number of nitrogens with one attached hydrogen (secondary N) is 1. The Hall–Kier alpha value is -2.48. The van der Waals surface area contributed by atoms with Crippen LogP contribution in [0.2, 0.25) is 0 Å². The standard InChI is InChI=1S/C14H16N4O4/c1-8-13(22-7-15-8)14(20)18-3-4-21-11(6-18)10-5-12(19)17-9(2)16-10/h5,7,11H,3-4,6H2,1-2H3,(H,16,17,19)/t11-/m1/s1. The van der Waals surface area contributed by atoms with Crippen molar-refractivity contribution in [3.05, 3.63) is 45.8 Å². The Kier molecular flexibility index (Phi) is 3.76. The highest BCUT2D eigenvalue weighted by atomic mass is 16.5. The quantitative estimate of drug-likeness (QED) is 0.871. The largest absolute Gasteiger partial charge is 0.438 e. The molecule has 0 saturated carbocycles. The highest BCUT2D eigenvalue weighted by Gasteiger charge is 2.29. The van der Waals surface area contributed by atoms with Crippen LogP contribution in [-0.4, -0.2) is 45.5 Å². The fourth-order valence-corrected chi connectivity index (χ4v) is 2.43. The zero-order chi connectivity index (χ0) is 15.7. The molecule has 1 N–H and O–H groups in total. The molecule has 3 rings (SSSR count). The van der Waals surface area contributed by atoms with Crippen LogP contribution < -0.4 is 5.56 Å². The van der Waals surface area contributed by atoms with E-state index in [0.717, 1.165) is 0 Å². The molecule has 116 valence electrons. The third-order valence-electron chi connectivity index (χ3n) is 3.50. The highest BCUT2D eigenvalue weighted by molar-refractivity contribution is 5.92. The molecule has 0 unspecified atom stereocenters. The maximum Gasteiger partial charge on any atom is 0.291 e. The second-order valence-electron chi connectivity index (χ2n) is 5.13. The first-order valence-electron chi connectivity index (χ1n) is 6.93. The van der Waals surface area contributed by atoms with Crippen LogP contribution in [0.25, 0.3) is 0 Å². The van der Waals surface area contributed by atoms with Gasteiger partial charge in [0.25, 0.3) is 11.5 Å². The van der Waals surface area contributed by atoms with Gasteiger partial charge in [-0.15, -0.1) is 0 Å². The van der Waals surface area contributed by atoms with Gasteiger partial charge in [0.15, 0.2) is 6.39 Å². The van der Waals surface area contributed by atoms with Crippen molar-refractivity contribution in [3.8, 4) is 0 Å². The van der Waals surface area contributed by atoms with Gasteiger partial charge in [-0.1, -0.05) is 0 Å². The van der Waals surface area contributed by atoms with Crippen molar-refractivity contribution in [1.82, 2.24) is 19.9 Å². The van der Waals surface area contributed by atoms with Crippen molar-refractivity contribution in [1.29, 1.82) is 0 Å². The molecule has 22 heavy (non-hydrogen) atoms. The van der Waals surface area contributed by atoms with E-state index in [1.165, 1.54) is 12.5 Å². The van der Waals surface area contributed by atoms with Crippen LogP contribution in [0.4, 0.5) is 0 Å². The molecule has 1 aliphatic rings. The Morgan fingerprint density at radius 1 is 1.45 bits per heavy atom. The molecule has 2 aromatic rings. The van der Waals surface area contributed by atoms with Gasteiger partial charge in [0.2, 0.25) is 5.76 Å². The lowest BCUT2D eigenvalue weighted by Gasteiger charge is -2.32. The van der Waals surface area contributed by atoms with Crippen LogP contribution in [0.3, 0.4) is 0 Å². The van der Waals surface area contributed by atoms with Crippen molar-refractivity contribution in [2.45, 2.75) is 20.0 Å². The lowest BCUT2D eigenvalue weighted by atomic mass is 10.2.